The molecule has 2 aromatic carbocycles. The Morgan fingerprint density at radius 1 is 1.03 bits per heavy atom. The number of hydrogen-bond donors (Lipinski definition) is 1. The highest BCUT2D eigenvalue weighted by molar-refractivity contribution is 6.01. The van der Waals surface area contributed by atoms with Crippen molar-refractivity contribution in [2.75, 3.05) is 18.5 Å². The fraction of sp³-hybridized carbons (Fsp3) is 0.200. The molecule has 1 amide bonds. The lowest BCUT2D eigenvalue weighted by Crippen LogP contribution is -2.23. The fourth-order valence-corrected chi connectivity index (χ4v) is 3.29. The summed E-state index contributed by atoms with van der Waals surface area (Å²) in [5.41, 5.74) is 3.10. The van der Waals surface area contributed by atoms with Gasteiger partial charge in [-0.25, -0.2) is 9.78 Å². The predicted octanol–water partition coefficient (Wildman–Crippen LogP) is 4.23. The number of hydrogen-bond acceptors (Lipinski definition) is 6. The molecule has 0 aliphatic carbocycles. The van der Waals surface area contributed by atoms with Crippen molar-refractivity contribution < 1.29 is 19.1 Å². The average Bonchev–Trinajstić information content (AvgIpc) is 3.23. The SMILES string of the molecule is CCOC(=O)c1cnn(-c2ccc3ccccc3n2)c1NC(=O)COc1ccc(C)c(C)c1. The van der Waals surface area contributed by atoms with Crippen molar-refractivity contribution in [3.63, 3.8) is 0 Å². The van der Waals surface area contributed by atoms with E-state index in [1.165, 1.54) is 10.9 Å². The summed E-state index contributed by atoms with van der Waals surface area (Å²) in [4.78, 5) is 29.8. The third-order valence-electron chi connectivity index (χ3n) is 5.17. The molecule has 0 fully saturated rings. The minimum absolute atomic E-state index is 0.131. The van der Waals surface area contributed by atoms with Crippen LogP contribution in [-0.2, 0) is 9.53 Å². The number of carbonyl (C=O) groups excluding carboxylic acids is 2. The molecule has 33 heavy (non-hydrogen) atoms. The molecule has 4 rings (SSSR count). The summed E-state index contributed by atoms with van der Waals surface area (Å²) in [7, 11) is 0. The summed E-state index contributed by atoms with van der Waals surface area (Å²) in [6.07, 6.45) is 1.36. The van der Waals surface area contributed by atoms with Crippen LogP contribution in [0.3, 0.4) is 0 Å². The number of fused-ring (bicyclic) bond motifs is 1. The standard InChI is InChI=1S/C25H24N4O4/c1-4-32-25(31)20-14-26-29(22-12-10-18-7-5-6-8-21(18)27-22)24(20)28-23(30)15-33-19-11-9-16(2)17(3)13-19/h5-14H,4,15H2,1-3H3,(H,28,30). The van der Waals surface area contributed by atoms with Crippen LogP contribution in [0.15, 0.2) is 60.8 Å². The molecule has 0 spiro atoms. The first kappa shape index (κ1) is 22.0. The number of nitrogens with one attached hydrogen (secondary N) is 1. The number of ether oxygens (including phenoxy) is 2. The van der Waals surface area contributed by atoms with Crippen LogP contribution in [0.4, 0.5) is 5.82 Å². The molecule has 0 aliphatic rings. The Bertz CT molecular complexity index is 1330. The van der Waals surface area contributed by atoms with E-state index in [4.69, 9.17) is 9.47 Å². The van der Waals surface area contributed by atoms with E-state index in [2.05, 4.69) is 15.4 Å². The Labute approximate surface area is 191 Å². The van der Waals surface area contributed by atoms with Gasteiger partial charge < -0.3 is 14.8 Å². The molecule has 2 aromatic heterocycles. The molecule has 0 aliphatic heterocycles. The van der Waals surface area contributed by atoms with Crippen LogP contribution >= 0.6 is 0 Å². The molecular weight excluding hydrogens is 420 g/mol. The van der Waals surface area contributed by atoms with Gasteiger partial charge in [-0.1, -0.05) is 24.3 Å². The second-order valence-corrected chi connectivity index (χ2v) is 7.48. The van der Waals surface area contributed by atoms with Crippen LogP contribution in [0.2, 0.25) is 0 Å². The van der Waals surface area contributed by atoms with Crippen LogP contribution in [0.25, 0.3) is 16.7 Å². The van der Waals surface area contributed by atoms with Crippen molar-refractivity contribution in [2.45, 2.75) is 20.8 Å². The molecule has 1 N–H and O–H groups in total. The van der Waals surface area contributed by atoms with Gasteiger partial charge in [0.2, 0.25) is 0 Å². The Balaban J connectivity index is 1.61. The van der Waals surface area contributed by atoms with E-state index in [1.54, 1.807) is 13.0 Å². The van der Waals surface area contributed by atoms with Gasteiger partial charge in [-0.15, -0.1) is 0 Å². The number of esters is 1. The fourth-order valence-electron chi connectivity index (χ4n) is 3.29. The zero-order chi connectivity index (χ0) is 23.4. The van der Waals surface area contributed by atoms with Crippen molar-refractivity contribution in [2.24, 2.45) is 0 Å². The highest BCUT2D eigenvalue weighted by atomic mass is 16.5. The van der Waals surface area contributed by atoms with E-state index in [0.717, 1.165) is 22.0 Å². The number of para-hydroxylation sites is 1. The highest BCUT2D eigenvalue weighted by Gasteiger charge is 2.22. The van der Waals surface area contributed by atoms with Crippen LogP contribution < -0.4 is 10.1 Å². The maximum atomic E-state index is 12.7. The van der Waals surface area contributed by atoms with Gasteiger partial charge in [-0.05, 0) is 62.2 Å². The first-order chi connectivity index (χ1) is 16.0. The van der Waals surface area contributed by atoms with E-state index in [-0.39, 0.29) is 24.6 Å². The zero-order valence-corrected chi connectivity index (χ0v) is 18.7. The van der Waals surface area contributed by atoms with Crippen LogP contribution in [0.1, 0.15) is 28.4 Å². The molecule has 8 nitrogen and oxygen atoms in total. The molecule has 0 unspecified atom stereocenters. The van der Waals surface area contributed by atoms with Crippen LogP contribution in [-0.4, -0.2) is 39.9 Å². The number of anilines is 1. The quantitative estimate of drug-likeness (QED) is 0.429. The smallest absolute Gasteiger partial charge is 0.343 e. The third-order valence-corrected chi connectivity index (χ3v) is 5.17. The lowest BCUT2D eigenvalue weighted by atomic mass is 10.1. The van der Waals surface area contributed by atoms with Gasteiger partial charge in [-0.2, -0.15) is 9.78 Å². The van der Waals surface area contributed by atoms with Gasteiger partial charge in [0.25, 0.3) is 5.91 Å². The number of rotatable bonds is 7. The van der Waals surface area contributed by atoms with Gasteiger partial charge in [0.1, 0.15) is 11.3 Å². The monoisotopic (exact) mass is 444 g/mol. The molecule has 0 saturated heterocycles. The van der Waals surface area contributed by atoms with E-state index in [0.29, 0.717) is 11.6 Å². The summed E-state index contributed by atoms with van der Waals surface area (Å²) < 4.78 is 12.2. The van der Waals surface area contributed by atoms with Crippen LogP contribution in [0, 0.1) is 13.8 Å². The normalized spacial score (nSPS) is 10.8. The largest absolute Gasteiger partial charge is 0.484 e. The first-order valence-corrected chi connectivity index (χ1v) is 10.6. The predicted molar refractivity (Wildman–Crippen MR) is 125 cm³/mol. The van der Waals surface area contributed by atoms with E-state index in [1.807, 2.05) is 62.4 Å². The second-order valence-electron chi connectivity index (χ2n) is 7.48. The summed E-state index contributed by atoms with van der Waals surface area (Å²) in [5.74, 6) is 0.180. The van der Waals surface area contributed by atoms with E-state index < -0.39 is 11.9 Å². The number of pyridine rings is 1. The molecule has 0 atom stereocenters. The van der Waals surface area contributed by atoms with E-state index in [9.17, 15) is 9.59 Å². The number of carbonyl (C=O) groups is 2. The number of amides is 1. The van der Waals surface area contributed by atoms with Crippen molar-refractivity contribution in [3.8, 4) is 11.6 Å². The maximum Gasteiger partial charge on any atom is 0.343 e. The topological polar surface area (TPSA) is 95.3 Å². The highest BCUT2D eigenvalue weighted by Crippen LogP contribution is 2.23. The van der Waals surface area contributed by atoms with Gasteiger partial charge in [0.05, 0.1) is 18.3 Å². The average molecular weight is 444 g/mol. The summed E-state index contributed by atoms with van der Waals surface area (Å²) in [5, 5.41) is 7.99. The van der Waals surface area contributed by atoms with Crippen molar-refractivity contribution >= 4 is 28.6 Å². The Morgan fingerprint density at radius 2 is 1.85 bits per heavy atom. The number of nitrogens with zero attached hydrogens (tertiary/aromatic N) is 3. The Morgan fingerprint density at radius 3 is 2.64 bits per heavy atom. The van der Waals surface area contributed by atoms with E-state index >= 15 is 0 Å². The summed E-state index contributed by atoms with van der Waals surface area (Å²) in [6.45, 7) is 5.65. The number of aromatic nitrogens is 3. The summed E-state index contributed by atoms with van der Waals surface area (Å²) in [6, 6.07) is 16.9. The molecule has 2 heterocycles. The molecule has 0 bridgehead atoms. The zero-order valence-electron chi connectivity index (χ0n) is 18.7. The minimum Gasteiger partial charge on any atom is -0.484 e. The minimum atomic E-state index is -0.588. The van der Waals surface area contributed by atoms with Crippen molar-refractivity contribution in [3.05, 3.63) is 77.5 Å². The maximum absolute atomic E-state index is 12.7. The van der Waals surface area contributed by atoms with Crippen molar-refractivity contribution in [1.82, 2.24) is 14.8 Å². The lowest BCUT2D eigenvalue weighted by Gasteiger charge is -2.12. The first-order valence-electron chi connectivity index (χ1n) is 10.6. The Hall–Kier alpha value is -4.20. The summed E-state index contributed by atoms with van der Waals surface area (Å²) >= 11 is 0. The third kappa shape index (κ3) is 4.85. The molecule has 0 saturated carbocycles. The van der Waals surface area contributed by atoms with Gasteiger partial charge >= 0.3 is 5.97 Å². The van der Waals surface area contributed by atoms with Gasteiger partial charge in [0, 0.05) is 5.39 Å². The molecule has 4 aromatic rings. The molecule has 8 heteroatoms. The number of aryl methyl sites for hydroxylation is 2. The number of benzene rings is 2. The Kier molecular flexibility index (Phi) is 6.35. The molecule has 0 radical (unpaired) electrons. The van der Waals surface area contributed by atoms with Crippen molar-refractivity contribution in [1.29, 1.82) is 0 Å². The van der Waals surface area contributed by atoms with Gasteiger partial charge in [-0.3, -0.25) is 4.79 Å². The second kappa shape index (κ2) is 9.52. The van der Waals surface area contributed by atoms with Crippen LogP contribution in [0.5, 0.6) is 5.75 Å². The molecule has 168 valence electrons. The van der Waals surface area contributed by atoms with Gasteiger partial charge in [0.15, 0.2) is 18.2 Å². The lowest BCUT2D eigenvalue weighted by molar-refractivity contribution is -0.118. The molecular formula is C25H24N4O4.